The molecule has 1 rings (SSSR count). The summed E-state index contributed by atoms with van der Waals surface area (Å²) in [6, 6.07) is 3.94. The molecule has 0 saturated heterocycles. The van der Waals surface area contributed by atoms with E-state index in [0.717, 1.165) is 0 Å². The molecule has 0 bridgehead atoms. The summed E-state index contributed by atoms with van der Waals surface area (Å²) in [5.74, 6) is -0.386. The van der Waals surface area contributed by atoms with E-state index < -0.39 is 4.92 Å². The Morgan fingerprint density at radius 2 is 2.16 bits per heavy atom. The number of hydrogen-bond acceptors (Lipinski definition) is 3. The lowest BCUT2D eigenvalue weighted by Gasteiger charge is -2.25. The molecule has 0 radical (unpaired) electrons. The highest BCUT2D eigenvalue weighted by molar-refractivity contribution is 9.09. The lowest BCUT2D eigenvalue weighted by Crippen LogP contribution is -2.38. The van der Waals surface area contributed by atoms with Crippen LogP contribution >= 0.6 is 27.5 Å². The van der Waals surface area contributed by atoms with Gasteiger partial charge in [-0.05, 0) is 26.0 Å². The highest BCUT2D eigenvalue weighted by Crippen LogP contribution is 2.24. The van der Waals surface area contributed by atoms with E-state index in [-0.39, 0.29) is 23.2 Å². The molecular formula is C12H14BrClN2O3. The Kier molecular flexibility index (Phi) is 5.75. The maximum atomic E-state index is 12.4. The number of rotatable bonds is 5. The molecular weight excluding hydrogens is 336 g/mol. The molecule has 1 amide bonds. The third-order valence-electron chi connectivity index (χ3n) is 2.60. The molecule has 0 spiro atoms. The molecule has 5 nitrogen and oxygen atoms in total. The number of benzene rings is 1. The zero-order valence-electron chi connectivity index (χ0n) is 10.6. The third kappa shape index (κ3) is 3.91. The van der Waals surface area contributed by atoms with Crippen molar-refractivity contribution in [3.05, 3.63) is 38.9 Å². The Bertz CT molecular complexity index is 494. The molecule has 0 unspecified atom stereocenters. The predicted molar refractivity (Wildman–Crippen MR) is 78.1 cm³/mol. The van der Waals surface area contributed by atoms with E-state index >= 15 is 0 Å². The molecule has 1 aromatic rings. The molecule has 0 atom stereocenters. The van der Waals surface area contributed by atoms with Gasteiger partial charge in [0.05, 0.1) is 4.92 Å². The molecule has 7 heteroatoms. The van der Waals surface area contributed by atoms with E-state index in [2.05, 4.69) is 15.9 Å². The second kappa shape index (κ2) is 6.86. The Labute approximate surface area is 124 Å². The van der Waals surface area contributed by atoms with E-state index in [4.69, 9.17) is 11.6 Å². The fourth-order valence-electron chi connectivity index (χ4n) is 1.68. The minimum atomic E-state index is -0.573. The Morgan fingerprint density at radius 3 is 2.63 bits per heavy atom. The van der Waals surface area contributed by atoms with Gasteiger partial charge in [0.1, 0.15) is 5.56 Å². The van der Waals surface area contributed by atoms with Gasteiger partial charge in [-0.25, -0.2) is 0 Å². The number of nitro benzene ring substituents is 1. The van der Waals surface area contributed by atoms with Gasteiger partial charge in [-0.2, -0.15) is 0 Å². The fraction of sp³-hybridized carbons (Fsp3) is 0.417. The first kappa shape index (κ1) is 15.9. The van der Waals surface area contributed by atoms with Crippen LogP contribution in [0.25, 0.3) is 0 Å². The van der Waals surface area contributed by atoms with Crippen molar-refractivity contribution >= 4 is 39.1 Å². The summed E-state index contributed by atoms with van der Waals surface area (Å²) >= 11 is 9.09. The van der Waals surface area contributed by atoms with Crippen molar-refractivity contribution < 1.29 is 9.72 Å². The van der Waals surface area contributed by atoms with Crippen LogP contribution < -0.4 is 0 Å². The second-order valence-corrected chi connectivity index (χ2v) is 5.43. The number of halogens is 2. The van der Waals surface area contributed by atoms with Gasteiger partial charge >= 0.3 is 0 Å². The smallest absolute Gasteiger partial charge is 0.282 e. The van der Waals surface area contributed by atoms with Gasteiger partial charge in [-0.1, -0.05) is 27.5 Å². The quantitative estimate of drug-likeness (QED) is 0.464. The molecule has 1 aromatic carbocycles. The van der Waals surface area contributed by atoms with Crippen molar-refractivity contribution in [2.24, 2.45) is 0 Å². The Hall–Kier alpha value is -1.14. The predicted octanol–water partition coefficient (Wildman–Crippen LogP) is 3.49. The molecule has 0 aliphatic carbocycles. The highest BCUT2D eigenvalue weighted by Gasteiger charge is 2.26. The minimum Gasteiger partial charge on any atom is -0.335 e. The first-order valence-electron chi connectivity index (χ1n) is 5.69. The zero-order valence-corrected chi connectivity index (χ0v) is 12.9. The summed E-state index contributed by atoms with van der Waals surface area (Å²) in [5.41, 5.74) is -0.207. The lowest BCUT2D eigenvalue weighted by molar-refractivity contribution is -0.385. The normalized spacial score (nSPS) is 10.6. The van der Waals surface area contributed by atoms with Crippen molar-refractivity contribution in [3.63, 3.8) is 0 Å². The number of nitrogens with zero attached hydrogens (tertiary/aromatic N) is 2. The average molecular weight is 350 g/mol. The van der Waals surface area contributed by atoms with Crippen LogP contribution in [0.2, 0.25) is 5.02 Å². The van der Waals surface area contributed by atoms with Crippen LogP contribution in [0.4, 0.5) is 5.69 Å². The fourth-order valence-corrected chi connectivity index (χ4v) is 2.23. The maximum absolute atomic E-state index is 12.4. The number of carbonyl (C=O) groups excluding carboxylic acids is 1. The van der Waals surface area contributed by atoms with E-state index in [9.17, 15) is 14.9 Å². The van der Waals surface area contributed by atoms with E-state index in [1.807, 2.05) is 13.8 Å². The first-order chi connectivity index (χ1) is 8.88. The largest absolute Gasteiger partial charge is 0.335 e. The van der Waals surface area contributed by atoms with Crippen LogP contribution in [0.3, 0.4) is 0 Å². The van der Waals surface area contributed by atoms with Crippen LogP contribution in [-0.4, -0.2) is 33.6 Å². The standard InChI is InChI=1S/C12H14BrClN2O3/c1-8(2)15(6-5-13)12(17)10-7-9(14)3-4-11(10)16(18)19/h3-4,7-8H,5-6H2,1-2H3. The van der Waals surface area contributed by atoms with Gasteiger partial charge in [0, 0.05) is 29.0 Å². The van der Waals surface area contributed by atoms with Crippen molar-refractivity contribution in [1.29, 1.82) is 0 Å². The molecule has 0 aliphatic rings. The van der Waals surface area contributed by atoms with Crippen LogP contribution in [0.5, 0.6) is 0 Å². The highest BCUT2D eigenvalue weighted by atomic mass is 79.9. The third-order valence-corrected chi connectivity index (χ3v) is 3.19. The van der Waals surface area contributed by atoms with Crippen molar-refractivity contribution in [3.8, 4) is 0 Å². The van der Waals surface area contributed by atoms with Crippen LogP contribution in [0.15, 0.2) is 18.2 Å². The van der Waals surface area contributed by atoms with Crippen molar-refractivity contribution in [2.75, 3.05) is 11.9 Å². The van der Waals surface area contributed by atoms with Crippen LogP contribution in [0.1, 0.15) is 24.2 Å². The summed E-state index contributed by atoms with van der Waals surface area (Å²) in [4.78, 5) is 24.4. The summed E-state index contributed by atoms with van der Waals surface area (Å²) in [7, 11) is 0. The minimum absolute atomic E-state index is 0.0205. The number of hydrogen-bond donors (Lipinski definition) is 0. The summed E-state index contributed by atoms with van der Waals surface area (Å²) in [5, 5.41) is 11.9. The van der Waals surface area contributed by atoms with Gasteiger partial charge in [-0.3, -0.25) is 14.9 Å². The molecule has 0 saturated carbocycles. The van der Waals surface area contributed by atoms with Gasteiger partial charge in [0.2, 0.25) is 0 Å². The van der Waals surface area contributed by atoms with E-state index in [1.165, 1.54) is 18.2 Å². The number of alkyl halides is 1. The Morgan fingerprint density at radius 1 is 1.53 bits per heavy atom. The molecule has 0 heterocycles. The summed E-state index contributed by atoms with van der Waals surface area (Å²) in [6.45, 7) is 4.19. The number of amides is 1. The van der Waals surface area contributed by atoms with Crippen molar-refractivity contribution in [2.45, 2.75) is 19.9 Å². The second-order valence-electron chi connectivity index (χ2n) is 4.20. The number of carbonyl (C=O) groups is 1. The molecule has 0 fully saturated rings. The average Bonchev–Trinajstić information content (AvgIpc) is 2.34. The van der Waals surface area contributed by atoms with E-state index in [0.29, 0.717) is 16.9 Å². The van der Waals surface area contributed by atoms with Crippen LogP contribution in [0, 0.1) is 10.1 Å². The molecule has 0 aliphatic heterocycles. The van der Waals surface area contributed by atoms with Gasteiger partial charge in [0.15, 0.2) is 0 Å². The first-order valence-corrected chi connectivity index (χ1v) is 7.19. The van der Waals surface area contributed by atoms with Gasteiger partial charge in [0.25, 0.3) is 11.6 Å². The zero-order chi connectivity index (χ0) is 14.6. The summed E-state index contributed by atoms with van der Waals surface area (Å²) < 4.78 is 0. The molecule has 19 heavy (non-hydrogen) atoms. The maximum Gasteiger partial charge on any atom is 0.282 e. The monoisotopic (exact) mass is 348 g/mol. The molecule has 104 valence electrons. The van der Waals surface area contributed by atoms with E-state index in [1.54, 1.807) is 4.90 Å². The lowest BCUT2D eigenvalue weighted by atomic mass is 10.1. The summed E-state index contributed by atoms with van der Waals surface area (Å²) in [6.07, 6.45) is 0. The van der Waals surface area contributed by atoms with Crippen molar-refractivity contribution in [1.82, 2.24) is 4.90 Å². The van der Waals surface area contributed by atoms with Gasteiger partial charge in [-0.15, -0.1) is 0 Å². The number of nitro groups is 1. The molecule has 0 aromatic heterocycles. The van der Waals surface area contributed by atoms with Crippen LogP contribution in [-0.2, 0) is 0 Å². The molecule has 0 N–H and O–H groups in total. The SMILES string of the molecule is CC(C)N(CCBr)C(=O)c1cc(Cl)ccc1[N+](=O)[O-]. The Balaban J connectivity index is 3.23. The topological polar surface area (TPSA) is 63.5 Å². The van der Waals surface area contributed by atoms with Gasteiger partial charge < -0.3 is 4.90 Å².